The average Bonchev–Trinajstić information content (AvgIpc) is 2.73. The van der Waals surface area contributed by atoms with Crippen LogP contribution in [0.4, 0.5) is 0 Å². The molecule has 0 bridgehead atoms. The van der Waals surface area contributed by atoms with Gasteiger partial charge in [-0.1, -0.05) is 0 Å². The number of imidazole rings is 1. The van der Waals surface area contributed by atoms with Crippen molar-refractivity contribution in [3.63, 3.8) is 0 Å². The number of hydrogen-bond donors (Lipinski definition) is 3. The van der Waals surface area contributed by atoms with Crippen molar-refractivity contribution in [3.8, 4) is 0 Å². The smallest absolute Gasteiger partial charge is 0.332 e. The maximum atomic E-state index is 12.0. The summed E-state index contributed by atoms with van der Waals surface area (Å²) in [4.78, 5) is 30.5. The van der Waals surface area contributed by atoms with Gasteiger partial charge in [-0.3, -0.25) is 13.9 Å². The standard InChI is InChI=1S/C10H14N4O4/c1-10(17,18)3-4-14-8(15)6-7(12-5-11-6)13(2)9(14)16/h5,17-18H,3-4H2,1-2H3,(H,11,12). The molecular weight excluding hydrogens is 240 g/mol. The number of aromatic nitrogens is 4. The molecule has 2 aromatic rings. The zero-order valence-corrected chi connectivity index (χ0v) is 10.0. The number of aryl methyl sites for hydroxylation is 1. The van der Waals surface area contributed by atoms with Gasteiger partial charge in [0.05, 0.1) is 6.33 Å². The molecule has 0 atom stereocenters. The van der Waals surface area contributed by atoms with Crippen molar-refractivity contribution in [2.45, 2.75) is 25.7 Å². The van der Waals surface area contributed by atoms with E-state index >= 15 is 0 Å². The Morgan fingerprint density at radius 2 is 2.11 bits per heavy atom. The first-order chi connectivity index (χ1) is 8.31. The van der Waals surface area contributed by atoms with Gasteiger partial charge in [0.2, 0.25) is 0 Å². The van der Waals surface area contributed by atoms with Gasteiger partial charge in [-0.2, -0.15) is 0 Å². The van der Waals surface area contributed by atoms with E-state index in [1.807, 2.05) is 0 Å². The van der Waals surface area contributed by atoms with Gasteiger partial charge in [-0.15, -0.1) is 0 Å². The van der Waals surface area contributed by atoms with Crippen LogP contribution >= 0.6 is 0 Å². The third kappa shape index (κ3) is 2.07. The van der Waals surface area contributed by atoms with Crippen LogP contribution in [0.5, 0.6) is 0 Å². The Balaban J connectivity index is 2.57. The highest BCUT2D eigenvalue weighted by Crippen LogP contribution is 2.05. The molecule has 8 heteroatoms. The van der Waals surface area contributed by atoms with Gasteiger partial charge in [0.25, 0.3) is 5.56 Å². The van der Waals surface area contributed by atoms with Crippen molar-refractivity contribution in [3.05, 3.63) is 27.2 Å². The molecular formula is C10H14N4O4. The number of aliphatic hydroxyl groups is 2. The van der Waals surface area contributed by atoms with E-state index in [1.54, 1.807) is 0 Å². The molecule has 2 rings (SSSR count). The van der Waals surface area contributed by atoms with Crippen molar-refractivity contribution >= 4 is 11.2 Å². The van der Waals surface area contributed by atoms with Gasteiger partial charge in [0.15, 0.2) is 11.4 Å². The highest BCUT2D eigenvalue weighted by Gasteiger charge is 2.18. The molecule has 0 unspecified atom stereocenters. The zero-order chi connectivity index (χ0) is 13.5. The first kappa shape index (κ1) is 12.5. The maximum absolute atomic E-state index is 12.0. The number of nitrogens with one attached hydrogen (secondary N) is 1. The topological polar surface area (TPSA) is 113 Å². The van der Waals surface area contributed by atoms with E-state index in [-0.39, 0.29) is 24.1 Å². The monoisotopic (exact) mass is 254 g/mol. The van der Waals surface area contributed by atoms with Crippen LogP contribution in [0.15, 0.2) is 15.9 Å². The molecule has 0 spiro atoms. The van der Waals surface area contributed by atoms with Crippen molar-refractivity contribution in [2.75, 3.05) is 0 Å². The quantitative estimate of drug-likeness (QED) is 0.578. The Hall–Kier alpha value is -1.93. The summed E-state index contributed by atoms with van der Waals surface area (Å²) in [5, 5.41) is 18.4. The number of H-pyrrole nitrogens is 1. The van der Waals surface area contributed by atoms with Crippen LogP contribution in [0.25, 0.3) is 11.2 Å². The third-order valence-electron chi connectivity index (χ3n) is 2.72. The molecule has 98 valence electrons. The summed E-state index contributed by atoms with van der Waals surface area (Å²) in [6.07, 6.45) is 1.21. The molecule has 0 aliphatic heterocycles. The fourth-order valence-corrected chi connectivity index (χ4v) is 1.71. The van der Waals surface area contributed by atoms with E-state index in [0.29, 0.717) is 0 Å². The van der Waals surface area contributed by atoms with E-state index in [0.717, 1.165) is 4.57 Å². The van der Waals surface area contributed by atoms with Crippen LogP contribution in [0.2, 0.25) is 0 Å². The van der Waals surface area contributed by atoms with Gasteiger partial charge < -0.3 is 15.2 Å². The lowest BCUT2D eigenvalue weighted by molar-refractivity contribution is -0.151. The second-order valence-electron chi connectivity index (χ2n) is 4.37. The molecule has 0 saturated carbocycles. The molecule has 2 heterocycles. The van der Waals surface area contributed by atoms with Crippen LogP contribution in [0.1, 0.15) is 13.3 Å². The van der Waals surface area contributed by atoms with E-state index < -0.39 is 17.0 Å². The number of aromatic amines is 1. The largest absolute Gasteiger partial charge is 0.366 e. The normalized spacial score (nSPS) is 12.2. The van der Waals surface area contributed by atoms with E-state index in [1.165, 1.54) is 24.9 Å². The van der Waals surface area contributed by atoms with Gasteiger partial charge in [-0.25, -0.2) is 9.78 Å². The predicted octanol–water partition coefficient (Wildman–Crippen LogP) is -1.49. The minimum absolute atomic E-state index is 0.0794. The lowest BCUT2D eigenvalue weighted by Gasteiger charge is -2.16. The summed E-state index contributed by atoms with van der Waals surface area (Å²) in [6.45, 7) is 1.11. The van der Waals surface area contributed by atoms with E-state index in [2.05, 4.69) is 9.97 Å². The number of fused-ring (bicyclic) bond motifs is 1. The first-order valence-electron chi connectivity index (χ1n) is 5.39. The molecule has 0 aromatic carbocycles. The van der Waals surface area contributed by atoms with Gasteiger partial charge in [0, 0.05) is 20.0 Å². The SMILES string of the molecule is Cn1c(=O)n(CCC(C)(O)O)c(=O)c2[nH]cnc21. The maximum Gasteiger partial charge on any atom is 0.332 e. The van der Waals surface area contributed by atoms with Crippen LogP contribution in [0, 0.1) is 0 Å². The second-order valence-corrected chi connectivity index (χ2v) is 4.37. The molecule has 0 aliphatic carbocycles. The number of rotatable bonds is 3. The van der Waals surface area contributed by atoms with Crippen LogP contribution in [0.3, 0.4) is 0 Å². The fourth-order valence-electron chi connectivity index (χ4n) is 1.71. The minimum Gasteiger partial charge on any atom is -0.366 e. The molecule has 2 aromatic heterocycles. The van der Waals surface area contributed by atoms with Crippen molar-refractivity contribution in [1.82, 2.24) is 19.1 Å². The lowest BCUT2D eigenvalue weighted by Crippen LogP contribution is -2.41. The average molecular weight is 254 g/mol. The molecule has 3 N–H and O–H groups in total. The summed E-state index contributed by atoms with van der Waals surface area (Å²) in [6, 6.07) is 0. The molecule has 18 heavy (non-hydrogen) atoms. The van der Waals surface area contributed by atoms with Crippen LogP contribution < -0.4 is 11.2 Å². The lowest BCUT2D eigenvalue weighted by atomic mass is 10.2. The minimum atomic E-state index is -1.92. The Morgan fingerprint density at radius 3 is 2.72 bits per heavy atom. The van der Waals surface area contributed by atoms with Gasteiger partial charge in [0.1, 0.15) is 5.52 Å². The van der Waals surface area contributed by atoms with Crippen LogP contribution in [-0.4, -0.2) is 35.1 Å². The van der Waals surface area contributed by atoms with E-state index in [9.17, 15) is 19.8 Å². The Labute approximate surface area is 101 Å². The van der Waals surface area contributed by atoms with Gasteiger partial charge in [-0.05, 0) is 6.92 Å². The summed E-state index contributed by atoms with van der Waals surface area (Å²) in [5.74, 6) is -1.92. The molecule has 0 saturated heterocycles. The summed E-state index contributed by atoms with van der Waals surface area (Å²) < 4.78 is 2.19. The van der Waals surface area contributed by atoms with Crippen molar-refractivity contribution in [2.24, 2.45) is 7.05 Å². The highest BCUT2D eigenvalue weighted by atomic mass is 16.5. The predicted molar refractivity (Wildman–Crippen MR) is 63.1 cm³/mol. The fraction of sp³-hybridized carbons (Fsp3) is 0.500. The number of hydrogen-bond acceptors (Lipinski definition) is 5. The third-order valence-corrected chi connectivity index (χ3v) is 2.72. The summed E-state index contributed by atoms with van der Waals surface area (Å²) >= 11 is 0. The van der Waals surface area contributed by atoms with Crippen molar-refractivity contribution in [1.29, 1.82) is 0 Å². The Kier molecular flexibility index (Phi) is 2.83. The molecule has 0 fully saturated rings. The molecule has 8 nitrogen and oxygen atoms in total. The Morgan fingerprint density at radius 1 is 1.44 bits per heavy atom. The molecule has 0 radical (unpaired) electrons. The van der Waals surface area contributed by atoms with Crippen molar-refractivity contribution < 1.29 is 10.2 Å². The number of nitrogens with zero attached hydrogens (tertiary/aromatic N) is 3. The van der Waals surface area contributed by atoms with Gasteiger partial charge >= 0.3 is 5.69 Å². The highest BCUT2D eigenvalue weighted by molar-refractivity contribution is 5.68. The van der Waals surface area contributed by atoms with Crippen LogP contribution in [-0.2, 0) is 13.6 Å². The Bertz CT molecular complexity index is 688. The summed E-state index contributed by atoms with van der Waals surface area (Å²) in [7, 11) is 1.50. The first-order valence-corrected chi connectivity index (χ1v) is 5.39. The zero-order valence-electron chi connectivity index (χ0n) is 10.0. The second kappa shape index (κ2) is 4.07. The molecule has 0 amide bonds. The summed E-state index contributed by atoms with van der Waals surface area (Å²) in [5.41, 5.74) is -0.564. The molecule has 0 aliphatic rings. The van der Waals surface area contributed by atoms with E-state index in [4.69, 9.17) is 0 Å².